The minimum Gasteiger partial charge on any atom is -0.394 e. The fourth-order valence-electron chi connectivity index (χ4n) is 6.08. The highest BCUT2D eigenvalue weighted by atomic mass is 31.2. The van der Waals surface area contributed by atoms with E-state index in [1.165, 1.54) is 13.8 Å². The molecule has 0 spiro atoms. The van der Waals surface area contributed by atoms with Crippen LogP contribution in [0.1, 0.15) is 46.5 Å². The van der Waals surface area contributed by atoms with E-state index >= 15 is 0 Å². The molecule has 4 heterocycles. The van der Waals surface area contributed by atoms with Crippen LogP contribution < -0.4 is 0 Å². The van der Waals surface area contributed by atoms with E-state index in [2.05, 4.69) is 0 Å². The van der Waals surface area contributed by atoms with Crippen molar-refractivity contribution in [3.63, 3.8) is 0 Å². The topological polar surface area (TPSA) is 326 Å². The molecule has 0 aromatic carbocycles. The SMILES string of the molecule is [B][C@@H]1OC(COP(=O)(O)O[C@H]2C(CO)O[C@@H](C)C2O)[C@H](OP(=O)(O)OC2O[C@@H](C)C(OP(=O)(O)OCC3O[C@@H](CCCCC)C(O)[C@H]3O)[C@H]2O)C1O. The Labute approximate surface area is 300 Å². The summed E-state index contributed by atoms with van der Waals surface area (Å²) < 4.78 is 89.5. The van der Waals surface area contributed by atoms with Crippen molar-refractivity contribution in [1.29, 1.82) is 0 Å². The lowest BCUT2D eigenvalue weighted by Gasteiger charge is -2.26. The highest BCUT2D eigenvalue weighted by Crippen LogP contribution is 2.53. The highest BCUT2D eigenvalue weighted by Gasteiger charge is 2.53. The molecule has 19 atom stereocenters. The van der Waals surface area contributed by atoms with Crippen LogP contribution in [0.15, 0.2) is 0 Å². The first-order valence-corrected chi connectivity index (χ1v) is 21.1. The third-order valence-corrected chi connectivity index (χ3v) is 11.9. The zero-order chi connectivity index (χ0) is 38.8. The normalized spacial score (nSPS) is 44.5. The lowest BCUT2D eigenvalue weighted by molar-refractivity contribution is -0.125. The second-order valence-electron chi connectivity index (χ2n) is 12.9. The predicted octanol–water partition coefficient (Wildman–Crippen LogP) is -1.94. The molecule has 4 aliphatic rings. The van der Waals surface area contributed by atoms with Crippen LogP contribution in [0.2, 0.25) is 0 Å². The maximum atomic E-state index is 13.0. The molecule has 4 aliphatic heterocycles. The van der Waals surface area contributed by atoms with Gasteiger partial charge in [-0.15, -0.1) is 0 Å². The zero-order valence-electron chi connectivity index (χ0n) is 28.4. The van der Waals surface area contributed by atoms with Gasteiger partial charge < -0.3 is 64.3 Å². The predicted molar refractivity (Wildman–Crippen MR) is 170 cm³/mol. The first kappa shape index (κ1) is 44.7. The third kappa shape index (κ3) is 11.3. The molecule has 2 radical (unpaired) electrons. The molecule has 0 aliphatic carbocycles. The van der Waals surface area contributed by atoms with E-state index in [1.807, 2.05) is 6.92 Å². The van der Waals surface area contributed by atoms with Crippen molar-refractivity contribution in [3.05, 3.63) is 0 Å². The summed E-state index contributed by atoms with van der Waals surface area (Å²) in [4.78, 5) is 31.0. The lowest BCUT2D eigenvalue weighted by Crippen LogP contribution is -2.38. The highest BCUT2D eigenvalue weighted by molar-refractivity contribution is 7.48. The van der Waals surface area contributed by atoms with Gasteiger partial charge in [-0.3, -0.25) is 27.1 Å². The van der Waals surface area contributed by atoms with Gasteiger partial charge in [-0.2, -0.15) is 0 Å². The molecule has 22 nitrogen and oxygen atoms in total. The first-order valence-electron chi connectivity index (χ1n) is 16.6. The van der Waals surface area contributed by atoms with Gasteiger partial charge in [0.15, 0.2) is 6.29 Å². The number of rotatable bonds is 19. The average Bonchev–Trinajstić information content (AvgIpc) is 3.68. The minimum absolute atomic E-state index is 0.445. The zero-order valence-corrected chi connectivity index (χ0v) is 31.1. The van der Waals surface area contributed by atoms with Gasteiger partial charge in [-0.1, -0.05) is 26.2 Å². The largest absolute Gasteiger partial charge is 0.475 e. The molecule has 4 rings (SSSR count). The van der Waals surface area contributed by atoms with Crippen LogP contribution in [0.5, 0.6) is 0 Å². The van der Waals surface area contributed by atoms with Gasteiger partial charge in [0.2, 0.25) is 0 Å². The molecule has 0 aromatic rings. The van der Waals surface area contributed by atoms with Crippen molar-refractivity contribution < 1.29 is 105 Å². The van der Waals surface area contributed by atoms with Crippen molar-refractivity contribution in [2.45, 2.75) is 144 Å². The van der Waals surface area contributed by atoms with E-state index in [9.17, 15) is 59.0 Å². The molecule has 52 heavy (non-hydrogen) atoms. The third-order valence-electron chi connectivity index (χ3n) is 8.91. The Morgan fingerprint density at radius 2 is 1.15 bits per heavy atom. The van der Waals surface area contributed by atoms with Gasteiger partial charge >= 0.3 is 23.5 Å². The Hall–Kier alpha value is -0.00506. The van der Waals surface area contributed by atoms with Crippen molar-refractivity contribution in [3.8, 4) is 0 Å². The summed E-state index contributed by atoms with van der Waals surface area (Å²) in [5, 5.41) is 61.4. The Balaban J connectivity index is 1.30. The van der Waals surface area contributed by atoms with E-state index in [4.69, 9.17) is 53.9 Å². The van der Waals surface area contributed by atoms with E-state index in [1.54, 1.807) is 0 Å². The van der Waals surface area contributed by atoms with Crippen molar-refractivity contribution >= 4 is 31.3 Å². The Morgan fingerprint density at radius 3 is 1.77 bits per heavy atom. The van der Waals surface area contributed by atoms with Crippen LogP contribution in [0.25, 0.3) is 0 Å². The first-order chi connectivity index (χ1) is 24.2. The summed E-state index contributed by atoms with van der Waals surface area (Å²) in [6.45, 7) is 2.41. The molecule has 302 valence electrons. The molecular weight excluding hydrogens is 768 g/mol. The van der Waals surface area contributed by atoms with Crippen LogP contribution in [-0.4, -0.2) is 171 Å². The van der Waals surface area contributed by atoms with Crippen molar-refractivity contribution in [2.75, 3.05) is 19.8 Å². The molecular formula is C26H48BO22P3. The maximum absolute atomic E-state index is 13.0. The number of hydrogen-bond donors (Lipinski definition) is 9. The summed E-state index contributed by atoms with van der Waals surface area (Å²) in [7, 11) is -9.76. The van der Waals surface area contributed by atoms with Crippen LogP contribution in [0, 0.1) is 0 Å². The van der Waals surface area contributed by atoms with E-state index in [0.717, 1.165) is 19.3 Å². The van der Waals surface area contributed by atoms with Crippen LogP contribution in [0.4, 0.5) is 0 Å². The molecule has 4 fully saturated rings. The lowest BCUT2D eigenvalue weighted by atomic mass is 9.93. The second kappa shape index (κ2) is 18.5. The van der Waals surface area contributed by atoms with Gasteiger partial charge in [-0.05, 0) is 20.3 Å². The maximum Gasteiger partial charge on any atom is 0.475 e. The fourth-order valence-corrected chi connectivity index (χ4v) is 9.10. The summed E-state index contributed by atoms with van der Waals surface area (Å²) in [6.07, 6.45) is -18.8. The number of phosphoric acid groups is 3. The van der Waals surface area contributed by atoms with Crippen LogP contribution in [-0.2, 0) is 59.8 Å². The van der Waals surface area contributed by atoms with Gasteiger partial charge in [0.1, 0.15) is 75.0 Å². The molecule has 26 heteroatoms. The number of phosphoric ester groups is 3. The molecule has 4 saturated heterocycles. The quantitative estimate of drug-likeness (QED) is 0.0389. The number of aliphatic hydroxyl groups is 6. The second-order valence-corrected chi connectivity index (χ2v) is 17.1. The van der Waals surface area contributed by atoms with Crippen LogP contribution >= 0.6 is 23.5 Å². The standard InChI is InChI=1S/C26H48BO22P3/c1-4-5-6-7-13-18(30)19(31)15(44-13)9-40-50(34,35)46-22-12(3)43-26(21(22)33)49-52(38,39)48-24-16(45-25(27)20(24)32)10-41-51(36,37)47-23-14(8-28)42-11(2)17(23)29/h11-26,28-33H,4-10H2,1-3H3,(H,34,35)(H,36,37)(H,38,39)/t11-,12-,13-,14?,15?,16?,17?,18?,19-,20?,21+,22?,23-,24-,25+,26?/m0/s1. The molecule has 0 saturated carbocycles. The Morgan fingerprint density at radius 1 is 0.596 bits per heavy atom. The number of aliphatic hydroxyl groups excluding tert-OH is 6. The summed E-state index contributed by atoms with van der Waals surface area (Å²) in [5.74, 6) is 0. The van der Waals surface area contributed by atoms with Crippen LogP contribution in [0.3, 0.4) is 0 Å². The molecule has 0 amide bonds. The number of ether oxygens (including phenoxy) is 4. The van der Waals surface area contributed by atoms with Gasteiger partial charge in [0.05, 0.1) is 38.1 Å². The number of hydrogen-bond acceptors (Lipinski definition) is 19. The number of unbranched alkanes of at least 4 members (excludes halogenated alkanes) is 2. The van der Waals surface area contributed by atoms with Crippen molar-refractivity contribution in [2.24, 2.45) is 0 Å². The van der Waals surface area contributed by atoms with E-state index in [0.29, 0.717) is 6.42 Å². The monoisotopic (exact) mass is 816 g/mol. The van der Waals surface area contributed by atoms with Gasteiger partial charge in [-0.25, -0.2) is 13.7 Å². The van der Waals surface area contributed by atoms with E-state index in [-0.39, 0.29) is 0 Å². The van der Waals surface area contributed by atoms with Gasteiger partial charge in [0.25, 0.3) is 0 Å². The van der Waals surface area contributed by atoms with E-state index < -0.39 is 141 Å². The summed E-state index contributed by atoms with van der Waals surface area (Å²) in [5.41, 5.74) is 0. The molecule has 9 N–H and O–H groups in total. The van der Waals surface area contributed by atoms with Gasteiger partial charge in [0, 0.05) is 6.00 Å². The average molecular weight is 816 g/mol. The fraction of sp³-hybridized carbons (Fsp3) is 1.00. The molecule has 11 unspecified atom stereocenters. The molecule has 0 aromatic heterocycles. The molecule has 0 bridgehead atoms. The Kier molecular flexibility index (Phi) is 15.9. The van der Waals surface area contributed by atoms with Crippen molar-refractivity contribution in [1.82, 2.24) is 0 Å². The summed E-state index contributed by atoms with van der Waals surface area (Å²) >= 11 is 0. The smallest absolute Gasteiger partial charge is 0.394 e. The minimum atomic E-state index is -5.37. The Bertz CT molecular complexity index is 1300. The summed E-state index contributed by atoms with van der Waals surface area (Å²) in [6, 6.07) is -1.56.